The molecule has 3 nitrogen and oxygen atoms in total. The molecule has 2 heterocycles. The monoisotopic (exact) mass is 538 g/mol. The van der Waals surface area contributed by atoms with Gasteiger partial charge in [-0.15, -0.1) is 0 Å². The van der Waals surface area contributed by atoms with E-state index in [1.807, 2.05) is 12.1 Å². The number of rotatable bonds is 2. The van der Waals surface area contributed by atoms with Crippen molar-refractivity contribution in [1.82, 2.24) is 9.97 Å². The van der Waals surface area contributed by atoms with E-state index in [-0.39, 0.29) is 5.41 Å². The number of para-hydroxylation sites is 1. The molecule has 3 heteroatoms. The second kappa shape index (κ2) is 8.37. The first-order valence-corrected chi connectivity index (χ1v) is 14.4. The molecule has 1 aliphatic rings. The van der Waals surface area contributed by atoms with Gasteiger partial charge in [-0.05, 0) is 63.4 Å². The fourth-order valence-corrected chi connectivity index (χ4v) is 6.96. The van der Waals surface area contributed by atoms with Crippen molar-refractivity contribution in [3.8, 4) is 33.8 Å². The number of fused-ring (bicyclic) bond motifs is 9. The van der Waals surface area contributed by atoms with E-state index in [1.165, 1.54) is 38.4 Å². The highest BCUT2D eigenvalue weighted by molar-refractivity contribution is 6.15. The molecule has 0 unspecified atom stereocenters. The van der Waals surface area contributed by atoms with E-state index in [2.05, 4.69) is 123 Å². The van der Waals surface area contributed by atoms with Crippen LogP contribution in [0, 0.1) is 0 Å². The largest absolute Gasteiger partial charge is 0.456 e. The molecule has 0 amide bonds. The van der Waals surface area contributed by atoms with Crippen LogP contribution in [-0.2, 0) is 5.41 Å². The molecule has 198 valence electrons. The van der Waals surface area contributed by atoms with Crippen LogP contribution in [0.15, 0.2) is 126 Å². The normalized spacial score (nSPS) is 13.7. The Balaban J connectivity index is 1.25. The summed E-state index contributed by atoms with van der Waals surface area (Å²) in [6.45, 7) is 4.63. The summed E-state index contributed by atoms with van der Waals surface area (Å²) in [7, 11) is 0. The minimum atomic E-state index is -0.0538. The molecule has 0 spiro atoms. The maximum Gasteiger partial charge on any atom is 0.160 e. The Labute approximate surface area is 243 Å². The summed E-state index contributed by atoms with van der Waals surface area (Å²) in [5.74, 6) is 0.691. The van der Waals surface area contributed by atoms with E-state index in [1.54, 1.807) is 0 Å². The summed E-state index contributed by atoms with van der Waals surface area (Å²) < 4.78 is 6.52. The Morgan fingerprint density at radius 2 is 1.36 bits per heavy atom. The number of aromatic nitrogens is 2. The summed E-state index contributed by atoms with van der Waals surface area (Å²) in [6.07, 6.45) is 0. The van der Waals surface area contributed by atoms with Crippen LogP contribution in [0.4, 0.5) is 0 Å². The minimum Gasteiger partial charge on any atom is -0.456 e. The van der Waals surface area contributed by atoms with Crippen molar-refractivity contribution in [2.24, 2.45) is 0 Å². The van der Waals surface area contributed by atoms with E-state index in [9.17, 15) is 0 Å². The highest BCUT2D eigenvalue weighted by Crippen LogP contribution is 2.52. The van der Waals surface area contributed by atoms with Crippen LogP contribution in [0.2, 0.25) is 0 Å². The standard InChI is InChI=1S/C39H26N2O/c1-39(2)30-13-7-5-11-27(30)35-31(39)19-20-33-36(35)29-18-17-26(22-34(29)42-33)38-40-32-14-8-6-12-28(32)37(41-38)25-16-15-23-9-3-4-10-24(23)21-25/h3-22H,1-2H3. The number of nitrogens with zero attached hydrogens (tertiary/aromatic N) is 2. The number of hydrogen-bond acceptors (Lipinski definition) is 3. The minimum absolute atomic E-state index is 0.0538. The molecule has 42 heavy (non-hydrogen) atoms. The van der Waals surface area contributed by atoms with Gasteiger partial charge in [-0.25, -0.2) is 9.97 Å². The summed E-state index contributed by atoms with van der Waals surface area (Å²) in [5, 5.41) is 5.75. The van der Waals surface area contributed by atoms with E-state index in [4.69, 9.17) is 14.4 Å². The van der Waals surface area contributed by atoms with Crippen LogP contribution in [-0.4, -0.2) is 9.97 Å². The second-order valence-corrected chi connectivity index (χ2v) is 11.8. The quantitative estimate of drug-likeness (QED) is 0.220. The van der Waals surface area contributed by atoms with Gasteiger partial charge in [0.1, 0.15) is 11.2 Å². The number of benzene rings is 6. The third-order valence-electron chi connectivity index (χ3n) is 9.07. The lowest BCUT2D eigenvalue weighted by atomic mass is 9.82. The molecule has 6 aromatic carbocycles. The van der Waals surface area contributed by atoms with Gasteiger partial charge < -0.3 is 4.42 Å². The van der Waals surface area contributed by atoms with Gasteiger partial charge in [0.15, 0.2) is 5.82 Å². The van der Waals surface area contributed by atoms with Crippen LogP contribution < -0.4 is 0 Å². The molecule has 0 fully saturated rings. The Hall–Kier alpha value is -5.28. The van der Waals surface area contributed by atoms with Gasteiger partial charge in [-0.3, -0.25) is 0 Å². The summed E-state index contributed by atoms with van der Waals surface area (Å²) in [6, 6.07) is 42.8. The Bertz CT molecular complexity index is 2400. The van der Waals surface area contributed by atoms with Gasteiger partial charge >= 0.3 is 0 Å². The molecule has 0 radical (unpaired) electrons. The topological polar surface area (TPSA) is 38.9 Å². The van der Waals surface area contributed by atoms with Gasteiger partial charge in [0.2, 0.25) is 0 Å². The van der Waals surface area contributed by atoms with Gasteiger partial charge in [-0.2, -0.15) is 0 Å². The number of hydrogen-bond donors (Lipinski definition) is 0. The molecular weight excluding hydrogens is 512 g/mol. The zero-order valence-electron chi connectivity index (χ0n) is 23.3. The molecule has 0 saturated heterocycles. The summed E-state index contributed by atoms with van der Waals surface area (Å²) in [5.41, 5.74) is 10.9. The van der Waals surface area contributed by atoms with Gasteiger partial charge in [0.05, 0.1) is 11.2 Å². The van der Waals surface area contributed by atoms with Crippen molar-refractivity contribution in [3.63, 3.8) is 0 Å². The van der Waals surface area contributed by atoms with Crippen LogP contribution >= 0.6 is 0 Å². The molecule has 0 saturated carbocycles. The van der Waals surface area contributed by atoms with Gasteiger partial charge in [0, 0.05) is 32.7 Å². The molecule has 1 aliphatic carbocycles. The number of furan rings is 1. The maximum absolute atomic E-state index is 6.52. The van der Waals surface area contributed by atoms with Crippen molar-refractivity contribution in [1.29, 1.82) is 0 Å². The third-order valence-corrected chi connectivity index (χ3v) is 9.07. The van der Waals surface area contributed by atoms with Crippen molar-refractivity contribution < 1.29 is 4.42 Å². The lowest BCUT2D eigenvalue weighted by Gasteiger charge is -2.21. The molecule has 0 bridgehead atoms. The predicted octanol–water partition coefficient (Wildman–Crippen LogP) is 10.3. The van der Waals surface area contributed by atoms with Crippen molar-refractivity contribution in [2.45, 2.75) is 19.3 Å². The van der Waals surface area contributed by atoms with Gasteiger partial charge in [-0.1, -0.05) is 105 Å². The average Bonchev–Trinajstić information content (AvgIpc) is 3.52. The van der Waals surface area contributed by atoms with Crippen LogP contribution in [0.1, 0.15) is 25.0 Å². The van der Waals surface area contributed by atoms with E-state index in [0.29, 0.717) is 5.82 Å². The zero-order valence-corrected chi connectivity index (χ0v) is 23.3. The van der Waals surface area contributed by atoms with Crippen molar-refractivity contribution >= 4 is 43.6 Å². The lowest BCUT2D eigenvalue weighted by molar-refractivity contribution is 0.656. The SMILES string of the molecule is CC1(C)c2ccccc2-c2c1ccc1oc3cc(-c4nc(-c5ccc6ccccc6c5)c5ccccc5n4)ccc3c21. The Morgan fingerprint density at radius 3 is 2.29 bits per heavy atom. The van der Waals surface area contributed by atoms with E-state index < -0.39 is 0 Å². The Kier molecular flexibility index (Phi) is 4.67. The van der Waals surface area contributed by atoms with E-state index in [0.717, 1.165) is 44.3 Å². The van der Waals surface area contributed by atoms with Crippen LogP contribution in [0.5, 0.6) is 0 Å². The first-order valence-electron chi connectivity index (χ1n) is 14.4. The first-order chi connectivity index (χ1) is 20.6. The second-order valence-electron chi connectivity index (χ2n) is 11.8. The molecule has 9 rings (SSSR count). The predicted molar refractivity (Wildman–Crippen MR) is 173 cm³/mol. The summed E-state index contributed by atoms with van der Waals surface area (Å²) >= 11 is 0. The Morgan fingerprint density at radius 1 is 0.571 bits per heavy atom. The third kappa shape index (κ3) is 3.22. The lowest BCUT2D eigenvalue weighted by Crippen LogP contribution is -2.14. The van der Waals surface area contributed by atoms with Crippen molar-refractivity contribution in [2.75, 3.05) is 0 Å². The molecule has 2 aromatic heterocycles. The maximum atomic E-state index is 6.52. The first kappa shape index (κ1) is 23.4. The molecule has 8 aromatic rings. The zero-order chi connectivity index (χ0) is 28.0. The fraction of sp³-hybridized carbons (Fsp3) is 0.0769. The highest BCUT2D eigenvalue weighted by atomic mass is 16.3. The molecule has 0 N–H and O–H groups in total. The van der Waals surface area contributed by atoms with E-state index >= 15 is 0 Å². The van der Waals surface area contributed by atoms with Gasteiger partial charge in [0.25, 0.3) is 0 Å². The van der Waals surface area contributed by atoms with Crippen LogP contribution in [0.3, 0.4) is 0 Å². The highest BCUT2D eigenvalue weighted by Gasteiger charge is 2.37. The molecule has 0 aliphatic heterocycles. The van der Waals surface area contributed by atoms with Crippen LogP contribution in [0.25, 0.3) is 77.4 Å². The molecule has 0 atom stereocenters. The van der Waals surface area contributed by atoms with Crippen molar-refractivity contribution in [3.05, 3.63) is 132 Å². The smallest absolute Gasteiger partial charge is 0.160 e. The molecular formula is C39H26N2O. The fourth-order valence-electron chi connectivity index (χ4n) is 6.96. The average molecular weight is 539 g/mol. The summed E-state index contributed by atoms with van der Waals surface area (Å²) in [4.78, 5) is 10.2.